The average molecular weight is 304 g/mol. The number of morpholine rings is 1. The number of amides is 1. The molecule has 1 aliphatic rings. The van der Waals surface area contributed by atoms with E-state index >= 15 is 0 Å². The second kappa shape index (κ2) is 7.05. The van der Waals surface area contributed by atoms with Gasteiger partial charge < -0.3 is 10.1 Å². The summed E-state index contributed by atoms with van der Waals surface area (Å²) in [6, 6.07) is 3.00. The summed E-state index contributed by atoms with van der Waals surface area (Å²) < 4.78 is 5.26. The van der Waals surface area contributed by atoms with Crippen LogP contribution < -0.4 is 5.32 Å². The molecule has 5 nitrogen and oxygen atoms in total. The number of hydrogen-bond acceptors (Lipinski definition) is 4. The molecule has 1 amide bonds. The predicted molar refractivity (Wildman–Crippen MR) is 73.8 cm³/mol. The van der Waals surface area contributed by atoms with Crippen molar-refractivity contribution in [3.63, 3.8) is 0 Å². The number of hydrogen-bond donors (Lipinski definition) is 1. The Kier molecular flexibility index (Phi) is 5.39. The predicted octanol–water partition coefficient (Wildman–Crippen LogP) is 1.45. The first-order valence-corrected chi connectivity index (χ1v) is 6.82. The van der Waals surface area contributed by atoms with Crippen LogP contribution in [0.15, 0.2) is 12.1 Å². The summed E-state index contributed by atoms with van der Waals surface area (Å²) >= 11 is 11.5. The van der Waals surface area contributed by atoms with Crippen LogP contribution in [0.4, 0.5) is 0 Å². The summed E-state index contributed by atoms with van der Waals surface area (Å²) in [5.41, 5.74) is 0.423. The topological polar surface area (TPSA) is 54.5 Å². The van der Waals surface area contributed by atoms with E-state index in [4.69, 9.17) is 27.9 Å². The zero-order chi connectivity index (χ0) is 13.7. The van der Waals surface area contributed by atoms with Crippen LogP contribution in [0, 0.1) is 0 Å². The Morgan fingerprint density at radius 3 is 2.58 bits per heavy atom. The number of aromatic nitrogens is 1. The van der Waals surface area contributed by atoms with E-state index in [1.54, 1.807) is 0 Å². The molecular formula is C12H15Cl2N3O2. The second-order valence-corrected chi connectivity index (χ2v) is 4.99. The van der Waals surface area contributed by atoms with Crippen LogP contribution in [0.1, 0.15) is 10.4 Å². The van der Waals surface area contributed by atoms with Crippen molar-refractivity contribution in [1.29, 1.82) is 0 Å². The monoisotopic (exact) mass is 303 g/mol. The highest BCUT2D eigenvalue weighted by molar-refractivity contribution is 6.33. The highest BCUT2D eigenvalue weighted by atomic mass is 35.5. The number of carbonyl (C=O) groups excluding carboxylic acids is 1. The van der Waals surface area contributed by atoms with Gasteiger partial charge in [0, 0.05) is 31.7 Å². The first-order valence-electron chi connectivity index (χ1n) is 6.06. The molecule has 0 aliphatic carbocycles. The summed E-state index contributed by atoms with van der Waals surface area (Å²) in [5, 5.41) is 3.26. The second-order valence-electron chi connectivity index (χ2n) is 4.21. The maximum absolute atomic E-state index is 11.9. The number of halogens is 2. The molecule has 0 radical (unpaired) electrons. The van der Waals surface area contributed by atoms with E-state index in [9.17, 15) is 4.79 Å². The van der Waals surface area contributed by atoms with Crippen LogP contribution in [0.5, 0.6) is 0 Å². The molecule has 0 unspecified atom stereocenters. The van der Waals surface area contributed by atoms with Crippen molar-refractivity contribution < 1.29 is 9.53 Å². The van der Waals surface area contributed by atoms with Gasteiger partial charge in [0.15, 0.2) is 0 Å². The van der Waals surface area contributed by atoms with Gasteiger partial charge in [0.2, 0.25) is 0 Å². The molecule has 1 aromatic rings. The first kappa shape index (κ1) is 14.5. The lowest BCUT2D eigenvalue weighted by molar-refractivity contribution is 0.0383. The van der Waals surface area contributed by atoms with E-state index < -0.39 is 0 Å². The molecule has 1 N–H and O–H groups in total. The third-order valence-electron chi connectivity index (χ3n) is 2.84. The Morgan fingerprint density at radius 1 is 1.32 bits per heavy atom. The van der Waals surface area contributed by atoms with Crippen LogP contribution in [0.2, 0.25) is 10.3 Å². The van der Waals surface area contributed by atoms with Gasteiger partial charge in [0.1, 0.15) is 10.3 Å². The lowest BCUT2D eigenvalue weighted by Gasteiger charge is -2.26. The van der Waals surface area contributed by atoms with Crippen LogP contribution in [0.3, 0.4) is 0 Å². The fraction of sp³-hybridized carbons (Fsp3) is 0.500. The van der Waals surface area contributed by atoms with E-state index in [-0.39, 0.29) is 16.2 Å². The van der Waals surface area contributed by atoms with Gasteiger partial charge in [-0.05, 0) is 12.1 Å². The van der Waals surface area contributed by atoms with E-state index in [2.05, 4.69) is 15.2 Å². The fourth-order valence-electron chi connectivity index (χ4n) is 1.85. The zero-order valence-corrected chi connectivity index (χ0v) is 11.9. The lowest BCUT2D eigenvalue weighted by atomic mass is 10.2. The Morgan fingerprint density at radius 2 is 1.95 bits per heavy atom. The van der Waals surface area contributed by atoms with Crippen molar-refractivity contribution >= 4 is 29.1 Å². The molecule has 0 spiro atoms. The Balaban J connectivity index is 1.80. The molecule has 2 heterocycles. The SMILES string of the molecule is O=C(NCCN1CCOCC1)c1cc(Cl)nc(Cl)c1. The van der Waals surface area contributed by atoms with Gasteiger partial charge in [-0.1, -0.05) is 23.2 Å². The van der Waals surface area contributed by atoms with Crippen molar-refractivity contribution in [2.75, 3.05) is 39.4 Å². The van der Waals surface area contributed by atoms with Gasteiger partial charge in [0.05, 0.1) is 13.2 Å². The van der Waals surface area contributed by atoms with Gasteiger partial charge in [-0.3, -0.25) is 9.69 Å². The summed E-state index contributed by atoms with van der Waals surface area (Å²) in [6.07, 6.45) is 0. The normalized spacial score (nSPS) is 16.3. The molecule has 0 bridgehead atoms. The van der Waals surface area contributed by atoms with Gasteiger partial charge >= 0.3 is 0 Å². The van der Waals surface area contributed by atoms with Crippen LogP contribution >= 0.6 is 23.2 Å². The number of ether oxygens (including phenoxy) is 1. The highest BCUT2D eigenvalue weighted by Gasteiger charge is 2.11. The van der Waals surface area contributed by atoms with Gasteiger partial charge in [-0.2, -0.15) is 0 Å². The number of nitrogens with one attached hydrogen (secondary N) is 1. The fourth-order valence-corrected chi connectivity index (χ4v) is 2.31. The number of nitrogens with zero attached hydrogens (tertiary/aromatic N) is 2. The van der Waals surface area contributed by atoms with Crippen LogP contribution in [-0.4, -0.2) is 55.2 Å². The van der Waals surface area contributed by atoms with Gasteiger partial charge in [-0.15, -0.1) is 0 Å². The maximum Gasteiger partial charge on any atom is 0.251 e. The minimum absolute atomic E-state index is 0.195. The third-order valence-corrected chi connectivity index (χ3v) is 3.23. The minimum atomic E-state index is -0.195. The van der Waals surface area contributed by atoms with Crippen molar-refractivity contribution in [3.8, 4) is 0 Å². The average Bonchev–Trinajstić information content (AvgIpc) is 2.38. The van der Waals surface area contributed by atoms with Crippen LogP contribution in [0.25, 0.3) is 0 Å². The van der Waals surface area contributed by atoms with Crippen molar-refractivity contribution in [2.45, 2.75) is 0 Å². The molecule has 1 saturated heterocycles. The van der Waals surface area contributed by atoms with Crippen molar-refractivity contribution in [2.24, 2.45) is 0 Å². The summed E-state index contributed by atoms with van der Waals surface area (Å²) in [6.45, 7) is 4.71. The molecular weight excluding hydrogens is 289 g/mol. The molecule has 19 heavy (non-hydrogen) atoms. The van der Waals surface area contributed by atoms with Gasteiger partial charge in [-0.25, -0.2) is 4.98 Å². The quantitative estimate of drug-likeness (QED) is 0.856. The number of carbonyl (C=O) groups is 1. The van der Waals surface area contributed by atoms with E-state index in [1.807, 2.05) is 0 Å². The number of rotatable bonds is 4. The highest BCUT2D eigenvalue weighted by Crippen LogP contribution is 2.14. The summed E-state index contributed by atoms with van der Waals surface area (Å²) in [5.74, 6) is -0.195. The molecule has 104 valence electrons. The van der Waals surface area contributed by atoms with Crippen molar-refractivity contribution in [3.05, 3.63) is 28.0 Å². The summed E-state index contributed by atoms with van der Waals surface area (Å²) in [4.78, 5) is 17.9. The Bertz CT molecular complexity index is 430. The largest absolute Gasteiger partial charge is 0.379 e. The van der Waals surface area contributed by atoms with E-state index in [0.717, 1.165) is 32.8 Å². The smallest absolute Gasteiger partial charge is 0.251 e. The van der Waals surface area contributed by atoms with Crippen LogP contribution in [-0.2, 0) is 4.74 Å². The molecule has 7 heteroatoms. The molecule has 0 atom stereocenters. The maximum atomic E-state index is 11.9. The van der Waals surface area contributed by atoms with E-state index in [1.165, 1.54) is 12.1 Å². The number of pyridine rings is 1. The standard InChI is InChI=1S/C12H15Cl2N3O2/c13-10-7-9(8-11(14)16-10)12(18)15-1-2-17-3-5-19-6-4-17/h7-8H,1-6H2,(H,15,18). The zero-order valence-electron chi connectivity index (χ0n) is 10.4. The molecule has 1 aromatic heterocycles. The molecule has 1 aliphatic heterocycles. The third kappa shape index (κ3) is 4.62. The van der Waals surface area contributed by atoms with E-state index in [0.29, 0.717) is 12.1 Å². The van der Waals surface area contributed by atoms with Gasteiger partial charge in [0.25, 0.3) is 5.91 Å². The lowest BCUT2D eigenvalue weighted by Crippen LogP contribution is -2.41. The molecule has 2 rings (SSSR count). The summed E-state index contributed by atoms with van der Waals surface area (Å²) in [7, 11) is 0. The first-order chi connectivity index (χ1) is 9.15. The Labute approximate surface area is 121 Å². The molecule has 0 saturated carbocycles. The van der Waals surface area contributed by atoms with Crippen molar-refractivity contribution in [1.82, 2.24) is 15.2 Å². The molecule has 0 aromatic carbocycles. The molecule has 1 fully saturated rings. The Hall–Kier alpha value is -0.880. The minimum Gasteiger partial charge on any atom is -0.379 e.